The lowest BCUT2D eigenvalue weighted by Gasteiger charge is -2.11. The third-order valence-electron chi connectivity index (χ3n) is 5.80. The smallest absolute Gasteiger partial charge is 0.261 e. The molecule has 2 heterocycles. The van der Waals surface area contributed by atoms with Crippen molar-refractivity contribution in [1.29, 1.82) is 0 Å². The van der Waals surface area contributed by atoms with Gasteiger partial charge in [-0.15, -0.1) is 0 Å². The first-order valence-electron chi connectivity index (χ1n) is 11.9. The molecule has 1 amide bonds. The quantitative estimate of drug-likeness (QED) is 0.203. The number of halogens is 1. The Kier molecular flexibility index (Phi) is 7.06. The first-order chi connectivity index (χ1) is 18.4. The summed E-state index contributed by atoms with van der Waals surface area (Å²) in [5.41, 5.74) is 4.93. The maximum Gasteiger partial charge on any atom is 0.261 e. The van der Waals surface area contributed by atoms with Crippen LogP contribution in [0.15, 0.2) is 83.4 Å². The van der Waals surface area contributed by atoms with E-state index in [9.17, 15) is 4.79 Å². The van der Waals surface area contributed by atoms with Crippen LogP contribution in [0.2, 0.25) is 5.02 Å². The minimum atomic E-state index is -0.336. The molecule has 0 aliphatic heterocycles. The molecule has 0 unspecified atom stereocenters. The molecule has 0 saturated carbocycles. The maximum absolute atomic E-state index is 13.1. The van der Waals surface area contributed by atoms with Gasteiger partial charge < -0.3 is 20.5 Å². The second-order valence-electron chi connectivity index (χ2n) is 8.78. The second-order valence-corrected chi connectivity index (χ2v) is 9.18. The van der Waals surface area contributed by atoms with Crippen LogP contribution in [0.5, 0.6) is 0 Å². The molecular weight excluding hydrogens is 500 g/mol. The van der Waals surface area contributed by atoms with Crippen molar-refractivity contribution in [3.8, 4) is 11.3 Å². The highest BCUT2D eigenvalue weighted by Crippen LogP contribution is 2.31. The summed E-state index contributed by atoms with van der Waals surface area (Å²) < 4.78 is 5.31. The fourth-order valence-corrected chi connectivity index (χ4v) is 4.16. The highest BCUT2D eigenvalue weighted by Gasteiger charge is 2.23. The molecule has 0 aliphatic carbocycles. The molecule has 5 rings (SSSR count). The summed E-state index contributed by atoms with van der Waals surface area (Å²) in [6, 6.07) is 24.4. The molecule has 2 aromatic heterocycles. The van der Waals surface area contributed by atoms with Crippen LogP contribution < -0.4 is 16.0 Å². The van der Waals surface area contributed by atoms with E-state index >= 15 is 0 Å². The molecule has 3 N–H and O–H groups in total. The van der Waals surface area contributed by atoms with E-state index in [0.717, 1.165) is 11.4 Å². The predicted molar refractivity (Wildman–Crippen MR) is 151 cm³/mol. The number of aryl methyl sites for hydroxylation is 3. The van der Waals surface area contributed by atoms with Gasteiger partial charge in [-0.2, -0.15) is 0 Å². The molecule has 0 radical (unpaired) electrons. The Morgan fingerprint density at radius 1 is 0.789 bits per heavy atom. The molecule has 190 valence electrons. The monoisotopic (exact) mass is 524 g/mol. The standard InChI is InChI=1S/C29H25ClN6O2/c1-17-8-10-20(11-9-17)33-25-16-26(32-19(3)31-25)34-21-12-14-22(15-13-21)35-29(37)27-18(2)38-36-28(27)23-6-4-5-7-24(23)30/h4-16H,1-3H3,(H,35,37)(H2,31,32,33,34). The van der Waals surface area contributed by atoms with Crippen molar-refractivity contribution in [2.45, 2.75) is 20.8 Å². The lowest BCUT2D eigenvalue weighted by atomic mass is 10.1. The molecule has 0 fully saturated rings. The minimum absolute atomic E-state index is 0.336. The number of aromatic nitrogens is 3. The molecule has 5 aromatic rings. The Balaban J connectivity index is 1.29. The van der Waals surface area contributed by atoms with Crippen LogP contribution in [0, 0.1) is 20.8 Å². The number of hydrogen-bond acceptors (Lipinski definition) is 7. The number of rotatable bonds is 7. The number of carbonyl (C=O) groups excluding carboxylic acids is 1. The van der Waals surface area contributed by atoms with Crippen molar-refractivity contribution >= 4 is 46.2 Å². The zero-order valence-electron chi connectivity index (χ0n) is 21.0. The lowest BCUT2D eigenvalue weighted by molar-refractivity contribution is 0.102. The molecule has 0 aliphatic rings. The molecule has 0 bridgehead atoms. The number of nitrogens with zero attached hydrogens (tertiary/aromatic N) is 3. The number of carbonyl (C=O) groups is 1. The van der Waals surface area contributed by atoms with Crippen molar-refractivity contribution in [2.75, 3.05) is 16.0 Å². The van der Waals surface area contributed by atoms with E-state index in [1.54, 1.807) is 31.2 Å². The molecule has 0 spiro atoms. The summed E-state index contributed by atoms with van der Waals surface area (Å²) >= 11 is 6.32. The van der Waals surface area contributed by atoms with Gasteiger partial charge in [0, 0.05) is 28.7 Å². The van der Waals surface area contributed by atoms with Gasteiger partial charge in [0.15, 0.2) is 0 Å². The summed E-state index contributed by atoms with van der Waals surface area (Å²) in [5.74, 6) is 2.04. The van der Waals surface area contributed by atoms with Gasteiger partial charge in [0.05, 0.1) is 5.02 Å². The molecule has 0 atom stereocenters. The van der Waals surface area contributed by atoms with Gasteiger partial charge in [-0.05, 0) is 63.2 Å². The van der Waals surface area contributed by atoms with Crippen LogP contribution in [0.4, 0.5) is 28.7 Å². The second kappa shape index (κ2) is 10.7. The van der Waals surface area contributed by atoms with Crippen molar-refractivity contribution in [1.82, 2.24) is 15.1 Å². The molecule has 3 aromatic carbocycles. The van der Waals surface area contributed by atoms with Gasteiger partial charge in [0.1, 0.15) is 34.5 Å². The number of anilines is 5. The Morgan fingerprint density at radius 2 is 1.37 bits per heavy atom. The van der Waals surface area contributed by atoms with Gasteiger partial charge in [0.2, 0.25) is 0 Å². The third kappa shape index (κ3) is 5.66. The third-order valence-corrected chi connectivity index (χ3v) is 6.13. The van der Waals surface area contributed by atoms with E-state index in [2.05, 4.69) is 31.1 Å². The Bertz CT molecular complexity index is 1600. The topological polar surface area (TPSA) is 105 Å². The van der Waals surface area contributed by atoms with E-state index in [4.69, 9.17) is 16.1 Å². The van der Waals surface area contributed by atoms with Crippen LogP contribution in [0.1, 0.15) is 27.5 Å². The SMILES string of the molecule is Cc1ccc(Nc2cc(Nc3ccc(NC(=O)c4c(-c5ccccc5Cl)noc4C)cc3)nc(C)n2)cc1. The first kappa shape index (κ1) is 25.0. The number of benzene rings is 3. The molecule has 38 heavy (non-hydrogen) atoms. The van der Waals surface area contributed by atoms with Gasteiger partial charge in [-0.1, -0.05) is 52.7 Å². The average Bonchev–Trinajstić information content (AvgIpc) is 3.28. The van der Waals surface area contributed by atoms with Gasteiger partial charge >= 0.3 is 0 Å². The molecule has 0 saturated heterocycles. The highest BCUT2D eigenvalue weighted by atomic mass is 35.5. The molecule has 8 nitrogen and oxygen atoms in total. The Hall–Kier alpha value is -4.69. The van der Waals surface area contributed by atoms with E-state index in [1.165, 1.54) is 5.56 Å². The summed E-state index contributed by atoms with van der Waals surface area (Å²) in [7, 11) is 0. The average molecular weight is 525 g/mol. The zero-order valence-corrected chi connectivity index (χ0v) is 21.8. The zero-order chi connectivity index (χ0) is 26.6. The van der Waals surface area contributed by atoms with E-state index in [0.29, 0.717) is 50.8 Å². The fraction of sp³-hybridized carbons (Fsp3) is 0.103. The van der Waals surface area contributed by atoms with E-state index < -0.39 is 0 Å². The summed E-state index contributed by atoms with van der Waals surface area (Å²) in [5, 5.41) is 14.1. The van der Waals surface area contributed by atoms with E-state index in [1.807, 2.05) is 68.4 Å². The molecule has 9 heteroatoms. The lowest BCUT2D eigenvalue weighted by Crippen LogP contribution is -2.13. The maximum atomic E-state index is 13.1. The highest BCUT2D eigenvalue weighted by molar-refractivity contribution is 6.33. The predicted octanol–water partition coefficient (Wildman–Crippen LogP) is 7.45. The number of hydrogen-bond donors (Lipinski definition) is 3. The van der Waals surface area contributed by atoms with Crippen molar-refractivity contribution in [3.05, 3.63) is 107 Å². The summed E-state index contributed by atoms with van der Waals surface area (Å²) in [6.45, 7) is 5.58. The van der Waals surface area contributed by atoms with Gasteiger partial charge in [-0.25, -0.2) is 9.97 Å². The first-order valence-corrected chi connectivity index (χ1v) is 12.3. The number of nitrogens with one attached hydrogen (secondary N) is 3. The van der Waals surface area contributed by atoms with E-state index in [-0.39, 0.29) is 5.91 Å². The fourth-order valence-electron chi connectivity index (χ4n) is 3.94. The normalized spacial score (nSPS) is 10.7. The van der Waals surface area contributed by atoms with Gasteiger partial charge in [-0.3, -0.25) is 4.79 Å². The van der Waals surface area contributed by atoms with Crippen molar-refractivity contribution in [3.63, 3.8) is 0 Å². The van der Waals surface area contributed by atoms with Crippen molar-refractivity contribution in [2.24, 2.45) is 0 Å². The Labute approximate surface area is 225 Å². The summed E-state index contributed by atoms with van der Waals surface area (Å²) in [4.78, 5) is 22.1. The minimum Gasteiger partial charge on any atom is -0.360 e. The van der Waals surface area contributed by atoms with Crippen LogP contribution in [-0.2, 0) is 0 Å². The molecular formula is C29H25ClN6O2. The Morgan fingerprint density at radius 3 is 2.00 bits per heavy atom. The largest absolute Gasteiger partial charge is 0.360 e. The van der Waals surface area contributed by atoms with Crippen LogP contribution >= 0.6 is 11.6 Å². The van der Waals surface area contributed by atoms with Crippen LogP contribution in [0.3, 0.4) is 0 Å². The van der Waals surface area contributed by atoms with Gasteiger partial charge in [0.25, 0.3) is 5.91 Å². The summed E-state index contributed by atoms with van der Waals surface area (Å²) in [6.07, 6.45) is 0. The van der Waals surface area contributed by atoms with Crippen LogP contribution in [-0.4, -0.2) is 21.0 Å². The number of amides is 1. The van der Waals surface area contributed by atoms with Crippen LogP contribution in [0.25, 0.3) is 11.3 Å². The van der Waals surface area contributed by atoms with Crippen molar-refractivity contribution < 1.29 is 9.32 Å².